The first kappa shape index (κ1) is 20.0. The average molecular weight is 444 g/mol. The van der Waals surface area contributed by atoms with Crippen molar-refractivity contribution in [2.24, 2.45) is 5.92 Å². The third-order valence-electron chi connectivity index (χ3n) is 5.52. The smallest absolute Gasteiger partial charge is 0.410 e. The SMILES string of the molecule is CC(C)N1CC(CCN2CCC(Cc3cc(Cl)ccc3Br)CC2)OC1=O. The molecule has 2 aliphatic heterocycles. The highest BCUT2D eigenvalue weighted by atomic mass is 79.9. The molecule has 0 aromatic heterocycles. The standard InChI is InChI=1S/C20H28BrClN2O2/c1-14(2)24-13-18(26-20(24)25)7-10-23-8-5-15(6-9-23)11-16-12-17(22)3-4-19(16)21/h3-4,12,14-15,18H,5-11,13H2,1-2H3. The number of hydrogen-bond acceptors (Lipinski definition) is 3. The van der Waals surface area contributed by atoms with E-state index in [0.29, 0.717) is 5.92 Å². The zero-order valence-electron chi connectivity index (χ0n) is 15.6. The van der Waals surface area contributed by atoms with Crippen molar-refractivity contribution in [3.8, 4) is 0 Å². The number of benzene rings is 1. The predicted molar refractivity (Wildman–Crippen MR) is 109 cm³/mol. The topological polar surface area (TPSA) is 32.8 Å². The second-order valence-electron chi connectivity index (χ2n) is 7.77. The first-order valence-corrected chi connectivity index (χ1v) is 10.7. The molecule has 1 unspecified atom stereocenters. The number of cyclic esters (lactones) is 1. The molecular weight excluding hydrogens is 416 g/mol. The summed E-state index contributed by atoms with van der Waals surface area (Å²) in [5.74, 6) is 0.710. The van der Waals surface area contributed by atoms with Crippen LogP contribution < -0.4 is 0 Å². The molecule has 0 N–H and O–H groups in total. The van der Waals surface area contributed by atoms with Crippen LogP contribution in [0.4, 0.5) is 4.79 Å². The third kappa shape index (κ3) is 5.14. The number of amides is 1. The minimum Gasteiger partial charge on any atom is -0.444 e. The zero-order valence-corrected chi connectivity index (χ0v) is 17.9. The maximum Gasteiger partial charge on any atom is 0.410 e. The van der Waals surface area contributed by atoms with Crippen molar-refractivity contribution in [1.29, 1.82) is 0 Å². The molecule has 0 radical (unpaired) electrons. The van der Waals surface area contributed by atoms with Gasteiger partial charge in [0, 0.05) is 22.1 Å². The van der Waals surface area contributed by atoms with Crippen molar-refractivity contribution < 1.29 is 9.53 Å². The van der Waals surface area contributed by atoms with Crippen LogP contribution in [0.15, 0.2) is 22.7 Å². The summed E-state index contributed by atoms with van der Waals surface area (Å²) in [6.45, 7) is 8.06. The van der Waals surface area contributed by atoms with E-state index in [1.165, 1.54) is 18.4 Å². The van der Waals surface area contributed by atoms with Crippen molar-refractivity contribution >= 4 is 33.6 Å². The molecule has 2 heterocycles. The lowest BCUT2D eigenvalue weighted by molar-refractivity contribution is 0.112. The van der Waals surface area contributed by atoms with E-state index in [4.69, 9.17) is 16.3 Å². The van der Waals surface area contributed by atoms with E-state index < -0.39 is 0 Å². The fraction of sp³-hybridized carbons (Fsp3) is 0.650. The normalized spacial score (nSPS) is 22.3. The van der Waals surface area contributed by atoms with E-state index in [9.17, 15) is 4.79 Å². The second-order valence-corrected chi connectivity index (χ2v) is 9.06. The second kappa shape index (κ2) is 8.94. The lowest BCUT2D eigenvalue weighted by Gasteiger charge is -2.32. The monoisotopic (exact) mass is 442 g/mol. The van der Waals surface area contributed by atoms with Gasteiger partial charge in [-0.2, -0.15) is 0 Å². The quantitative estimate of drug-likeness (QED) is 0.622. The Bertz CT molecular complexity index is 632. The number of ether oxygens (including phenoxy) is 1. The van der Waals surface area contributed by atoms with Crippen molar-refractivity contribution in [3.63, 3.8) is 0 Å². The maximum atomic E-state index is 11.8. The Balaban J connectivity index is 1.40. The third-order valence-corrected chi connectivity index (χ3v) is 6.53. The Morgan fingerprint density at radius 2 is 2.04 bits per heavy atom. The first-order valence-electron chi connectivity index (χ1n) is 9.56. The summed E-state index contributed by atoms with van der Waals surface area (Å²) >= 11 is 9.77. The summed E-state index contributed by atoms with van der Waals surface area (Å²) in [5.41, 5.74) is 1.31. The summed E-state index contributed by atoms with van der Waals surface area (Å²) in [5, 5.41) is 0.808. The highest BCUT2D eigenvalue weighted by Crippen LogP contribution is 2.28. The summed E-state index contributed by atoms with van der Waals surface area (Å²) in [6.07, 6.45) is 4.32. The molecule has 26 heavy (non-hydrogen) atoms. The molecule has 2 fully saturated rings. The number of nitrogens with zero attached hydrogens (tertiary/aromatic N) is 2. The number of piperidine rings is 1. The summed E-state index contributed by atoms with van der Waals surface area (Å²) in [4.78, 5) is 16.2. The van der Waals surface area contributed by atoms with Gasteiger partial charge in [-0.15, -0.1) is 0 Å². The van der Waals surface area contributed by atoms with Crippen molar-refractivity contribution in [2.45, 2.75) is 51.7 Å². The Hall–Kier alpha value is -0.780. The minimum atomic E-state index is -0.157. The molecule has 0 saturated carbocycles. The van der Waals surface area contributed by atoms with Gasteiger partial charge in [-0.25, -0.2) is 4.79 Å². The number of carbonyl (C=O) groups is 1. The van der Waals surface area contributed by atoms with Crippen LogP contribution in [0.1, 0.15) is 38.7 Å². The van der Waals surface area contributed by atoms with Gasteiger partial charge in [0.2, 0.25) is 0 Å². The Kier molecular flexibility index (Phi) is 6.87. The van der Waals surface area contributed by atoms with Gasteiger partial charge in [0.05, 0.1) is 6.54 Å². The molecule has 4 nitrogen and oxygen atoms in total. The molecule has 0 bridgehead atoms. The van der Waals surface area contributed by atoms with Gasteiger partial charge in [-0.05, 0) is 82.3 Å². The molecule has 144 valence electrons. The van der Waals surface area contributed by atoms with E-state index in [1.807, 2.05) is 30.9 Å². The molecule has 1 amide bonds. The number of carbonyl (C=O) groups excluding carboxylic acids is 1. The molecule has 2 saturated heterocycles. The van der Waals surface area contributed by atoms with E-state index in [1.54, 1.807) is 0 Å². The molecule has 1 atom stereocenters. The maximum absolute atomic E-state index is 11.8. The van der Waals surface area contributed by atoms with Gasteiger partial charge in [-0.3, -0.25) is 0 Å². The van der Waals surface area contributed by atoms with Crippen LogP contribution in [0.25, 0.3) is 0 Å². The summed E-state index contributed by atoms with van der Waals surface area (Å²) in [6, 6.07) is 6.26. The number of rotatable bonds is 6. The lowest BCUT2D eigenvalue weighted by Crippen LogP contribution is -2.37. The lowest BCUT2D eigenvalue weighted by atomic mass is 9.90. The highest BCUT2D eigenvalue weighted by molar-refractivity contribution is 9.10. The zero-order chi connectivity index (χ0) is 18.7. The number of likely N-dealkylation sites (tertiary alicyclic amines) is 1. The van der Waals surface area contributed by atoms with Crippen LogP contribution in [-0.2, 0) is 11.2 Å². The van der Waals surface area contributed by atoms with E-state index in [0.717, 1.165) is 48.5 Å². The Morgan fingerprint density at radius 3 is 2.69 bits per heavy atom. The molecule has 6 heteroatoms. The molecule has 1 aromatic carbocycles. The summed E-state index contributed by atoms with van der Waals surface area (Å²) in [7, 11) is 0. The van der Waals surface area contributed by atoms with Crippen LogP contribution in [0.3, 0.4) is 0 Å². The fourth-order valence-electron chi connectivity index (χ4n) is 3.86. The van der Waals surface area contributed by atoms with Crippen LogP contribution in [0.5, 0.6) is 0 Å². The van der Waals surface area contributed by atoms with Crippen LogP contribution in [-0.4, -0.2) is 54.2 Å². The molecule has 2 aliphatic rings. The van der Waals surface area contributed by atoms with Gasteiger partial charge >= 0.3 is 6.09 Å². The predicted octanol–water partition coefficient (Wildman–Crippen LogP) is 4.98. The van der Waals surface area contributed by atoms with E-state index >= 15 is 0 Å². The highest BCUT2D eigenvalue weighted by Gasteiger charge is 2.33. The molecule has 3 rings (SSSR count). The average Bonchev–Trinajstić information content (AvgIpc) is 2.99. The molecule has 0 aliphatic carbocycles. The van der Waals surface area contributed by atoms with Crippen LogP contribution in [0, 0.1) is 5.92 Å². The Labute approximate surface area is 169 Å². The van der Waals surface area contributed by atoms with Gasteiger partial charge in [0.1, 0.15) is 6.10 Å². The van der Waals surface area contributed by atoms with Gasteiger partial charge in [0.25, 0.3) is 0 Å². The van der Waals surface area contributed by atoms with Crippen LogP contribution in [0.2, 0.25) is 5.02 Å². The van der Waals surface area contributed by atoms with Gasteiger partial charge in [-0.1, -0.05) is 27.5 Å². The molecule has 1 aromatic rings. The number of halogens is 2. The first-order chi connectivity index (χ1) is 12.4. The number of hydrogen-bond donors (Lipinski definition) is 0. The Morgan fingerprint density at radius 1 is 1.31 bits per heavy atom. The van der Waals surface area contributed by atoms with Crippen molar-refractivity contribution in [1.82, 2.24) is 9.80 Å². The van der Waals surface area contributed by atoms with E-state index in [-0.39, 0.29) is 18.2 Å². The van der Waals surface area contributed by atoms with E-state index in [2.05, 4.69) is 26.9 Å². The van der Waals surface area contributed by atoms with Crippen LogP contribution >= 0.6 is 27.5 Å². The minimum absolute atomic E-state index is 0.0463. The molecule has 0 spiro atoms. The largest absolute Gasteiger partial charge is 0.444 e. The summed E-state index contributed by atoms with van der Waals surface area (Å²) < 4.78 is 6.65. The molecular formula is C20H28BrClN2O2. The van der Waals surface area contributed by atoms with Gasteiger partial charge < -0.3 is 14.5 Å². The van der Waals surface area contributed by atoms with Crippen molar-refractivity contribution in [3.05, 3.63) is 33.3 Å². The van der Waals surface area contributed by atoms with Crippen molar-refractivity contribution in [2.75, 3.05) is 26.2 Å². The van der Waals surface area contributed by atoms with Gasteiger partial charge in [0.15, 0.2) is 0 Å². The fourth-order valence-corrected chi connectivity index (χ4v) is 4.47.